The number of carboxylic acids is 1. The van der Waals surface area contributed by atoms with Crippen LogP contribution in [-0.4, -0.2) is 16.1 Å². The van der Waals surface area contributed by atoms with Gasteiger partial charge in [0, 0.05) is 6.20 Å². The molecule has 0 fully saturated rings. The maximum atomic E-state index is 12.5. The quantitative estimate of drug-likeness (QED) is 0.660. The van der Waals surface area contributed by atoms with E-state index in [0.717, 1.165) is 12.3 Å². The van der Waals surface area contributed by atoms with Crippen molar-refractivity contribution in [3.05, 3.63) is 28.8 Å². The van der Waals surface area contributed by atoms with Crippen LogP contribution in [0.15, 0.2) is 12.3 Å². The van der Waals surface area contributed by atoms with Gasteiger partial charge in [-0.1, -0.05) is 11.6 Å². The zero-order valence-electron chi connectivity index (χ0n) is 5.21. The van der Waals surface area contributed by atoms with Gasteiger partial charge in [0.15, 0.2) is 11.0 Å². The van der Waals surface area contributed by atoms with Crippen LogP contribution in [0.2, 0.25) is 5.15 Å². The second kappa shape index (κ2) is 2.84. The van der Waals surface area contributed by atoms with Crippen LogP contribution >= 0.6 is 11.6 Å². The first-order valence-corrected chi connectivity index (χ1v) is 3.03. The highest BCUT2D eigenvalue weighted by Crippen LogP contribution is 2.11. The molecular weight excluding hydrogens is 173 g/mol. The molecule has 0 aliphatic rings. The summed E-state index contributed by atoms with van der Waals surface area (Å²) in [6.07, 6.45) is 0.994. The summed E-state index contributed by atoms with van der Waals surface area (Å²) in [5, 5.41) is 8.03. The highest BCUT2D eigenvalue weighted by atomic mass is 35.5. The van der Waals surface area contributed by atoms with Gasteiger partial charge in [0.2, 0.25) is 0 Å². The van der Waals surface area contributed by atoms with Crippen LogP contribution in [0.5, 0.6) is 0 Å². The average molecular weight is 176 g/mol. The molecule has 0 unspecified atom stereocenters. The lowest BCUT2D eigenvalue weighted by atomic mass is 10.3. The van der Waals surface area contributed by atoms with Crippen LogP contribution in [0.1, 0.15) is 10.4 Å². The SMILES string of the molecule is O=C(O)c1cnc(Cl)c(F)c1. The summed E-state index contributed by atoms with van der Waals surface area (Å²) in [5.41, 5.74) is -0.216. The van der Waals surface area contributed by atoms with Crippen LogP contribution in [0.4, 0.5) is 4.39 Å². The summed E-state index contributed by atoms with van der Waals surface area (Å²) < 4.78 is 12.5. The Morgan fingerprint density at radius 2 is 2.36 bits per heavy atom. The number of carboxylic acid groups (broad SMARTS) is 1. The fourth-order valence-electron chi connectivity index (χ4n) is 0.538. The molecule has 0 amide bonds. The molecule has 0 radical (unpaired) electrons. The molecular formula is C6H3ClFNO2. The Morgan fingerprint density at radius 1 is 1.73 bits per heavy atom. The molecule has 11 heavy (non-hydrogen) atoms. The molecule has 0 spiro atoms. The van der Waals surface area contributed by atoms with Crippen molar-refractivity contribution in [3.8, 4) is 0 Å². The Kier molecular flexibility index (Phi) is 2.05. The molecule has 0 aliphatic carbocycles. The number of pyridine rings is 1. The fourth-order valence-corrected chi connectivity index (χ4v) is 0.642. The van der Waals surface area contributed by atoms with Crippen molar-refractivity contribution in [3.63, 3.8) is 0 Å². The molecule has 58 valence electrons. The van der Waals surface area contributed by atoms with Crippen molar-refractivity contribution < 1.29 is 14.3 Å². The maximum absolute atomic E-state index is 12.5. The lowest BCUT2D eigenvalue weighted by Crippen LogP contribution is -1.98. The zero-order valence-corrected chi connectivity index (χ0v) is 5.97. The molecule has 1 N–H and O–H groups in total. The van der Waals surface area contributed by atoms with E-state index < -0.39 is 11.8 Å². The monoisotopic (exact) mass is 175 g/mol. The molecule has 0 saturated carbocycles. The smallest absolute Gasteiger partial charge is 0.337 e. The van der Waals surface area contributed by atoms with Crippen LogP contribution in [0.25, 0.3) is 0 Å². The Morgan fingerprint density at radius 3 is 2.82 bits per heavy atom. The first-order chi connectivity index (χ1) is 5.11. The van der Waals surface area contributed by atoms with E-state index in [1.165, 1.54) is 0 Å². The molecule has 1 heterocycles. The molecule has 0 saturated heterocycles. The molecule has 0 aromatic carbocycles. The summed E-state index contributed by atoms with van der Waals surface area (Å²) in [4.78, 5) is 13.5. The molecule has 5 heteroatoms. The van der Waals surface area contributed by atoms with Gasteiger partial charge in [-0.05, 0) is 6.07 Å². The normalized spacial score (nSPS) is 9.64. The van der Waals surface area contributed by atoms with Gasteiger partial charge in [0.05, 0.1) is 5.56 Å². The second-order valence-electron chi connectivity index (χ2n) is 1.80. The van der Waals surface area contributed by atoms with Crippen LogP contribution < -0.4 is 0 Å². The number of nitrogens with zero attached hydrogens (tertiary/aromatic N) is 1. The Labute approximate surface area is 66.4 Å². The molecule has 0 bridgehead atoms. The number of rotatable bonds is 1. The number of aromatic nitrogens is 1. The van der Waals surface area contributed by atoms with Crippen molar-refractivity contribution >= 4 is 17.6 Å². The molecule has 1 aromatic rings. The molecule has 0 aliphatic heterocycles. The van der Waals surface area contributed by atoms with Gasteiger partial charge < -0.3 is 5.11 Å². The summed E-state index contributed by atoms with van der Waals surface area (Å²) in [6.45, 7) is 0. The van der Waals surface area contributed by atoms with Crippen LogP contribution in [-0.2, 0) is 0 Å². The molecule has 1 aromatic heterocycles. The van der Waals surface area contributed by atoms with E-state index in [2.05, 4.69) is 4.98 Å². The van der Waals surface area contributed by atoms with Gasteiger partial charge in [-0.15, -0.1) is 0 Å². The number of carbonyl (C=O) groups is 1. The van der Waals surface area contributed by atoms with Gasteiger partial charge in [0.25, 0.3) is 0 Å². The average Bonchev–Trinajstić information content (AvgIpc) is 1.94. The summed E-state index contributed by atoms with van der Waals surface area (Å²) in [5.74, 6) is -2.06. The van der Waals surface area contributed by atoms with E-state index in [1.54, 1.807) is 0 Å². The van der Waals surface area contributed by atoms with Crippen LogP contribution in [0, 0.1) is 5.82 Å². The summed E-state index contributed by atoms with van der Waals surface area (Å²) in [6, 6.07) is 0.817. The lowest BCUT2D eigenvalue weighted by molar-refractivity contribution is 0.0696. The minimum absolute atomic E-state index is 0.216. The van der Waals surface area contributed by atoms with E-state index in [-0.39, 0.29) is 10.7 Å². The fraction of sp³-hybridized carbons (Fsp3) is 0. The number of hydrogen-bond donors (Lipinski definition) is 1. The predicted octanol–water partition coefficient (Wildman–Crippen LogP) is 1.57. The van der Waals surface area contributed by atoms with Crippen LogP contribution in [0.3, 0.4) is 0 Å². The van der Waals surface area contributed by atoms with Crippen molar-refractivity contribution in [2.45, 2.75) is 0 Å². The van der Waals surface area contributed by atoms with E-state index in [0.29, 0.717) is 0 Å². The highest BCUT2D eigenvalue weighted by Gasteiger charge is 2.06. The number of hydrogen-bond acceptors (Lipinski definition) is 2. The van der Waals surface area contributed by atoms with Crippen molar-refractivity contribution in [1.29, 1.82) is 0 Å². The van der Waals surface area contributed by atoms with Crippen molar-refractivity contribution in [2.75, 3.05) is 0 Å². The van der Waals surface area contributed by atoms with E-state index in [4.69, 9.17) is 16.7 Å². The highest BCUT2D eigenvalue weighted by molar-refractivity contribution is 6.29. The topological polar surface area (TPSA) is 50.2 Å². The van der Waals surface area contributed by atoms with Gasteiger partial charge >= 0.3 is 5.97 Å². The van der Waals surface area contributed by atoms with Crippen molar-refractivity contribution in [2.24, 2.45) is 0 Å². The predicted molar refractivity (Wildman–Crippen MR) is 36.2 cm³/mol. The summed E-state index contributed by atoms with van der Waals surface area (Å²) >= 11 is 5.21. The maximum Gasteiger partial charge on any atom is 0.337 e. The minimum Gasteiger partial charge on any atom is -0.478 e. The van der Waals surface area contributed by atoms with E-state index in [1.807, 2.05) is 0 Å². The Hall–Kier alpha value is -1.16. The first kappa shape index (κ1) is 7.94. The van der Waals surface area contributed by atoms with E-state index >= 15 is 0 Å². The third-order valence-electron chi connectivity index (χ3n) is 1.04. The third-order valence-corrected chi connectivity index (χ3v) is 1.32. The Bertz CT molecular complexity index is 303. The van der Waals surface area contributed by atoms with Gasteiger partial charge in [-0.3, -0.25) is 0 Å². The standard InChI is InChI=1S/C6H3ClFNO2/c7-5-4(8)1-3(2-9-5)6(10)11/h1-2H,(H,10,11). The molecule has 0 atom stereocenters. The van der Waals surface area contributed by atoms with Gasteiger partial charge in [0.1, 0.15) is 0 Å². The van der Waals surface area contributed by atoms with Crippen molar-refractivity contribution in [1.82, 2.24) is 4.98 Å². The van der Waals surface area contributed by atoms with Gasteiger partial charge in [-0.25, -0.2) is 14.2 Å². The molecule has 3 nitrogen and oxygen atoms in total. The largest absolute Gasteiger partial charge is 0.478 e. The summed E-state index contributed by atoms with van der Waals surface area (Å²) in [7, 11) is 0. The lowest BCUT2D eigenvalue weighted by Gasteiger charge is -1.94. The number of halogens is 2. The first-order valence-electron chi connectivity index (χ1n) is 2.65. The Balaban J connectivity index is 3.15. The number of aromatic carboxylic acids is 1. The molecule has 1 rings (SSSR count). The minimum atomic E-state index is -1.23. The third kappa shape index (κ3) is 1.65. The zero-order chi connectivity index (χ0) is 8.43. The second-order valence-corrected chi connectivity index (χ2v) is 2.16. The van der Waals surface area contributed by atoms with E-state index in [9.17, 15) is 9.18 Å². The van der Waals surface area contributed by atoms with Gasteiger partial charge in [-0.2, -0.15) is 0 Å².